The first-order valence-electron chi connectivity index (χ1n) is 6.15. The summed E-state index contributed by atoms with van der Waals surface area (Å²) in [5, 5.41) is 29.0. The van der Waals surface area contributed by atoms with Gasteiger partial charge in [-0.3, -0.25) is 4.79 Å². The van der Waals surface area contributed by atoms with Gasteiger partial charge in [-0.25, -0.2) is 0 Å². The van der Waals surface area contributed by atoms with Gasteiger partial charge in [-0.2, -0.15) is 0 Å². The summed E-state index contributed by atoms with van der Waals surface area (Å²) in [5.41, 5.74) is 2.25. The van der Waals surface area contributed by atoms with E-state index in [-0.39, 0.29) is 11.7 Å². The maximum absolute atomic E-state index is 10.8. The van der Waals surface area contributed by atoms with Crippen LogP contribution in [0.5, 0.6) is 0 Å². The number of carbonyl (C=O) groups is 1. The fraction of sp³-hybridized carbons (Fsp3) is 0.500. The minimum Gasteiger partial charge on any atom is -0.392 e. The Morgan fingerprint density at radius 3 is 2.58 bits per heavy atom. The lowest BCUT2D eigenvalue weighted by atomic mass is 9.96. The predicted octanol–water partition coefficient (Wildman–Crippen LogP) is 1.55. The quantitative estimate of drug-likeness (QED) is 0.739. The van der Waals surface area contributed by atoms with Crippen LogP contribution in [0.1, 0.15) is 36.1 Å². The molecule has 1 rings (SSSR count). The molecule has 0 aliphatic rings. The third-order valence-electron chi connectivity index (χ3n) is 2.92. The van der Waals surface area contributed by atoms with Crippen molar-refractivity contribution in [2.75, 3.05) is 5.75 Å². The first-order chi connectivity index (χ1) is 8.95. The van der Waals surface area contributed by atoms with Crippen LogP contribution in [0, 0.1) is 6.92 Å². The molecule has 0 saturated heterocycles. The molecule has 0 heterocycles. The number of thioether (sulfide) groups is 1. The fourth-order valence-corrected chi connectivity index (χ4v) is 2.50. The van der Waals surface area contributed by atoms with Gasteiger partial charge in [0.1, 0.15) is 6.10 Å². The average molecular weight is 284 g/mol. The molecule has 3 N–H and O–H groups in total. The van der Waals surface area contributed by atoms with E-state index in [1.807, 2.05) is 6.92 Å². The van der Waals surface area contributed by atoms with Gasteiger partial charge < -0.3 is 15.3 Å². The summed E-state index contributed by atoms with van der Waals surface area (Å²) >= 11 is 1.14. The molecule has 2 unspecified atom stereocenters. The number of rotatable bonds is 6. The van der Waals surface area contributed by atoms with Crippen molar-refractivity contribution in [3.05, 3.63) is 34.9 Å². The summed E-state index contributed by atoms with van der Waals surface area (Å²) in [4.78, 5) is 10.8. The Kier molecular flexibility index (Phi) is 6.51. The van der Waals surface area contributed by atoms with E-state index in [1.54, 1.807) is 18.2 Å². The molecule has 0 bridgehead atoms. The molecule has 1 aromatic rings. The number of aliphatic hydroxyl groups excluding tert-OH is 3. The summed E-state index contributed by atoms with van der Waals surface area (Å²) in [6, 6.07) is 5.23. The molecule has 0 amide bonds. The Bertz CT molecular complexity index is 433. The van der Waals surface area contributed by atoms with Crippen LogP contribution in [-0.2, 0) is 11.4 Å². The van der Waals surface area contributed by atoms with Crippen LogP contribution in [0.4, 0.5) is 0 Å². The second kappa shape index (κ2) is 7.65. The monoisotopic (exact) mass is 284 g/mol. The second-order valence-electron chi connectivity index (χ2n) is 4.49. The number of hydrogen-bond acceptors (Lipinski definition) is 5. The zero-order chi connectivity index (χ0) is 14.4. The van der Waals surface area contributed by atoms with Crippen molar-refractivity contribution < 1.29 is 20.1 Å². The topological polar surface area (TPSA) is 77.8 Å². The fourth-order valence-electron chi connectivity index (χ4n) is 1.86. The van der Waals surface area contributed by atoms with Crippen LogP contribution in [-0.4, -0.2) is 32.3 Å². The van der Waals surface area contributed by atoms with Crippen LogP contribution < -0.4 is 0 Å². The van der Waals surface area contributed by atoms with Crippen molar-refractivity contribution in [3.63, 3.8) is 0 Å². The highest BCUT2D eigenvalue weighted by molar-refractivity contribution is 8.13. The van der Waals surface area contributed by atoms with Crippen LogP contribution in [0.3, 0.4) is 0 Å². The van der Waals surface area contributed by atoms with Gasteiger partial charge in [-0.15, -0.1) is 0 Å². The van der Waals surface area contributed by atoms with Gasteiger partial charge in [0.15, 0.2) is 5.12 Å². The Balaban J connectivity index is 2.65. The molecule has 0 aliphatic heterocycles. The maximum atomic E-state index is 10.8. The zero-order valence-corrected chi connectivity index (χ0v) is 12.0. The summed E-state index contributed by atoms with van der Waals surface area (Å²) in [7, 11) is 0. The first-order valence-corrected chi connectivity index (χ1v) is 7.14. The van der Waals surface area contributed by atoms with Crippen molar-refractivity contribution in [2.45, 2.75) is 39.1 Å². The lowest BCUT2D eigenvalue weighted by Gasteiger charge is -2.20. The zero-order valence-electron chi connectivity index (χ0n) is 11.2. The van der Waals surface area contributed by atoms with Crippen molar-refractivity contribution in [2.24, 2.45) is 0 Å². The van der Waals surface area contributed by atoms with E-state index in [0.29, 0.717) is 17.7 Å². The first kappa shape index (κ1) is 16.2. The highest BCUT2D eigenvalue weighted by Crippen LogP contribution is 2.24. The summed E-state index contributed by atoms with van der Waals surface area (Å²) in [6.07, 6.45) is -1.52. The van der Waals surface area contributed by atoms with Crippen molar-refractivity contribution in [3.8, 4) is 0 Å². The molecule has 0 radical (unpaired) electrons. The van der Waals surface area contributed by atoms with Crippen molar-refractivity contribution in [1.82, 2.24) is 0 Å². The molecule has 19 heavy (non-hydrogen) atoms. The van der Waals surface area contributed by atoms with Gasteiger partial charge in [0.05, 0.1) is 12.7 Å². The molecule has 5 heteroatoms. The Hall–Kier alpha value is -0.880. The number of aryl methyl sites for hydroxylation is 1. The van der Waals surface area contributed by atoms with Crippen LogP contribution in [0.15, 0.2) is 18.2 Å². The maximum Gasteiger partial charge on any atom is 0.185 e. The van der Waals surface area contributed by atoms with E-state index in [2.05, 4.69) is 0 Å². The Morgan fingerprint density at radius 2 is 2.05 bits per heavy atom. The summed E-state index contributed by atoms with van der Waals surface area (Å²) in [5.74, 6) is 0.487. The molecule has 0 aliphatic carbocycles. The van der Waals surface area contributed by atoms with Gasteiger partial charge >= 0.3 is 0 Å². The number of carbonyl (C=O) groups excluding carboxylic acids is 1. The van der Waals surface area contributed by atoms with Gasteiger partial charge in [0, 0.05) is 12.7 Å². The van der Waals surface area contributed by atoms with E-state index >= 15 is 0 Å². The summed E-state index contributed by atoms with van der Waals surface area (Å²) < 4.78 is 0. The van der Waals surface area contributed by atoms with Crippen LogP contribution in [0.2, 0.25) is 0 Å². The molecule has 1 aromatic carbocycles. The van der Waals surface area contributed by atoms with Gasteiger partial charge in [0.25, 0.3) is 0 Å². The molecule has 0 spiro atoms. The SMILES string of the molecule is CC(=O)SCCC(O)C(O)c1ccc(CO)cc1C. The van der Waals surface area contributed by atoms with Gasteiger partial charge in [0.2, 0.25) is 0 Å². The molecule has 106 valence electrons. The molecule has 0 saturated carbocycles. The molecule has 0 fully saturated rings. The lowest BCUT2D eigenvalue weighted by Crippen LogP contribution is -2.20. The predicted molar refractivity (Wildman–Crippen MR) is 75.8 cm³/mol. The third kappa shape index (κ3) is 4.95. The largest absolute Gasteiger partial charge is 0.392 e. The Morgan fingerprint density at radius 1 is 1.37 bits per heavy atom. The minimum absolute atomic E-state index is 0.00479. The molecular weight excluding hydrogens is 264 g/mol. The molecule has 2 atom stereocenters. The van der Waals surface area contributed by atoms with Gasteiger partial charge in [-0.05, 0) is 30.0 Å². The normalized spacial score (nSPS) is 14.2. The van der Waals surface area contributed by atoms with E-state index in [4.69, 9.17) is 5.11 Å². The van der Waals surface area contributed by atoms with E-state index in [0.717, 1.165) is 22.9 Å². The number of benzene rings is 1. The lowest BCUT2D eigenvalue weighted by molar-refractivity contribution is -0.109. The standard InChI is InChI=1S/C14H20O4S/c1-9-7-11(8-15)3-4-12(9)14(18)13(17)5-6-19-10(2)16/h3-4,7,13-15,17-18H,5-6,8H2,1-2H3. The molecular formula is C14H20O4S. The van der Waals surface area contributed by atoms with Crippen LogP contribution in [0.25, 0.3) is 0 Å². The molecule has 0 aromatic heterocycles. The van der Waals surface area contributed by atoms with E-state index in [9.17, 15) is 15.0 Å². The highest BCUT2D eigenvalue weighted by Gasteiger charge is 2.20. The number of aliphatic hydroxyl groups is 3. The minimum atomic E-state index is -0.972. The van der Waals surface area contributed by atoms with Crippen molar-refractivity contribution >= 4 is 16.9 Å². The highest BCUT2D eigenvalue weighted by atomic mass is 32.2. The molecule has 4 nitrogen and oxygen atoms in total. The smallest absolute Gasteiger partial charge is 0.185 e. The van der Waals surface area contributed by atoms with Gasteiger partial charge in [-0.1, -0.05) is 30.0 Å². The van der Waals surface area contributed by atoms with E-state index in [1.165, 1.54) is 6.92 Å². The van der Waals surface area contributed by atoms with E-state index < -0.39 is 12.2 Å². The summed E-state index contributed by atoms with van der Waals surface area (Å²) in [6.45, 7) is 3.26. The van der Waals surface area contributed by atoms with Crippen molar-refractivity contribution in [1.29, 1.82) is 0 Å². The second-order valence-corrected chi connectivity index (χ2v) is 5.76. The third-order valence-corrected chi connectivity index (χ3v) is 3.77. The Labute approximate surface area is 117 Å². The van der Waals surface area contributed by atoms with Crippen LogP contribution >= 0.6 is 11.8 Å². The average Bonchev–Trinajstić information content (AvgIpc) is 2.37. The number of hydrogen-bond donors (Lipinski definition) is 3.